The lowest BCUT2D eigenvalue weighted by atomic mass is 10.1. The highest BCUT2D eigenvalue weighted by atomic mass is 16.3. The van der Waals surface area contributed by atoms with Gasteiger partial charge in [-0.2, -0.15) is 0 Å². The van der Waals surface area contributed by atoms with Gasteiger partial charge in [0.15, 0.2) is 0 Å². The lowest BCUT2D eigenvalue weighted by molar-refractivity contribution is 0.416. The molecule has 2 aromatic rings. The fourth-order valence-electron chi connectivity index (χ4n) is 2.79. The summed E-state index contributed by atoms with van der Waals surface area (Å²) in [4.78, 5) is 2.32. The van der Waals surface area contributed by atoms with Crippen molar-refractivity contribution in [3.8, 4) is 0 Å². The molecule has 20 heavy (non-hydrogen) atoms. The lowest BCUT2D eigenvalue weighted by Gasteiger charge is -2.14. The van der Waals surface area contributed by atoms with E-state index < -0.39 is 0 Å². The van der Waals surface area contributed by atoms with Crippen molar-refractivity contribution in [1.82, 2.24) is 5.32 Å². The van der Waals surface area contributed by atoms with Crippen LogP contribution in [0.2, 0.25) is 0 Å². The van der Waals surface area contributed by atoms with Crippen LogP contribution in [-0.2, 0) is 13.0 Å². The Balaban J connectivity index is 1.64. The molecule has 0 saturated carbocycles. The number of hydrogen-bond donors (Lipinski definition) is 1. The third-order valence-electron chi connectivity index (χ3n) is 4.07. The van der Waals surface area contributed by atoms with E-state index in [1.165, 1.54) is 16.8 Å². The maximum atomic E-state index is 5.65. The summed E-state index contributed by atoms with van der Waals surface area (Å²) in [6.07, 6.45) is 1.16. The first kappa shape index (κ1) is 13.3. The number of nitrogens with zero attached hydrogens (tertiary/aromatic N) is 1. The Hall–Kier alpha value is -1.74. The molecule has 0 radical (unpaired) electrons. The molecule has 0 aliphatic carbocycles. The average Bonchev–Trinajstić information content (AvgIpc) is 3.03. The lowest BCUT2D eigenvalue weighted by Crippen LogP contribution is -2.17. The SMILES string of the molecule is Cc1ccc(C(C)NCc2ccc3c(c2)CCN3C)o1. The molecule has 0 fully saturated rings. The van der Waals surface area contributed by atoms with E-state index in [0.29, 0.717) is 0 Å². The Labute approximate surface area is 120 Å². The largest absolute Gasteiger partial charge is 0.465 e. The number of likely N-dealkylation sites (N-methyl/N-ethyl adjacent to an activating group) is 1. The molecule has 1 unspecified atom stereocenters. The molecule has 1 N–H and O–H groups in total. The first-order valence-corrected chi connectivity index (χ1v) is 7.26. The van der Waals surface area contributed by atoms with Crippen molar-refractivity contribution in [1.29, 1.82) is 0 Å². The van der Waals surface area contributed by atoms with Crippen LogP contribution in [0.1, 0.15) is 35.6 Å². The molecule has 3 heteroatoms. The van der Waals surface area contributed by atoms with Crippen molar-refractivity contribution >= 4 is 5.69 Å². The Morgan fingerprint density at radius 1 is 1.30 bits per heavy atom. The van der Waals surface area contributed by atoms with E-state index in [9.17, 15) is 0 Å². The van der Waals surface area contributed by atoms with Gasteiger partial charge in [0, 0.05) is 25.8 Å². The molecular formula is C17H22N2O. The van der Waals surface area contributed by atoms with Crippen LogP contribution in [0.25, 0.3) is 0 Å². The monoisotopic (exact) mass is 270 g/mol. The van der Waals surface area contributed by atoms with Gasteiger partial charge in [0.2, 0.25) is 0 Å². The van der Waals surface area contributed by atoms with Crippen LogP contribution in [0.4, 0.5) is 5.69 Å². The summed E-state index contributed by atoms with van der Waals surface area (Å²) in [6.45, 7) is 6.12. The van der Waals surface area contributed by atoms with Crippen LogP contribution in [0.15, 0.2) is 34.7 Å². The quantitative estimate of drug-likeness (QED) is 0.922. The molecule has 0 saturated heterocycles. The second-order valence-corrected chi connectivity index (χ2v) is 5.69. The van der Waals surface area contributed by atoms with Gasteiger partial charge < -0.3 is 14.6 Å². The number of nitrogens with one attached hydrogen (secondary N) is 1. The topological polar surface area (TPSA) is 28.4 Å². The van der Waals surface area contributed by atoms with Gasteiger partial charge in [-0.05, 0) is 49.6 Å². The summed E-state index contributed by atoms with van der Waals surface area (Å²) in [7, 11) is 2.16. The van der Waals surface area contributed by atoms with Gasteiger partial charge in [0.05, 0.1) is 6.04 Å². The van der Waals surface area contributed by atoms with Crippen LogP contribution >= 0.6 is 0 Å². The van der Waals surface area contributed by atoms with Crippen molar-refractivity contribution in [3.63, 3.8) is 0 Å². The van der Waals surface area contributed by atoms with Gasteiger partial charge in [0.25, 0.3) is 0 Å². The van der Waals surface area contributed by atoms with Crippen molar-refractivity contribution in [2.45, 2.75) is 32.9 Å². The number of benzene rings is 1. The number of hydrogen-bond acceptors (Lipinski definition) is 3. The second-order valence-electron chi connectivity index (χ2n) is 5.69. The third-order valence-corrected chi connectivity index (χ3v) is 4.07. The zero-order valence-electron chi connectivity index (χ0n) is 12.4. The van der Waals surface area contributed by atoms with Crippen LogP contribution in [-0.4, -0.2) is 13.6 Å². The summed E-state index contributed by atoms with van der Waals surface area (Å²) in [5, 5.41) is 3.52. The molecule has 0 amide bonds. The molecular weight excluding hydrogens is 248 g/mol. The predicted octanol–water partition coefficient (Wildman–Crippen LogP) is 3.43. The third kappa shape index (κ3) is 2.59. The van der Waals surface area contributed by atoms with E-state index in [1.54, 1.807) is 0 Å². The van der Waals surface area contributed by atoms with Crippen molar-refractivity contribution in [2.75, 3.05) is 18.5 Å². The molecule has 1 atom stereocenters. The van der Waals surface area contributed by atoms with Gasteiger partial charge in [-0.1, -0.05) is 12.1 Å². The minimum atomic E-state index is 0.236. The Bertz CT molecular complexity index is 603. The molecule has 3 rings (SSSR count). The zero-order chi connectivity index (χ0) is 14.1. The molecule has 1 aliphatic heterocycles. The molecule has 0 bridgehead atoms. The summed E-state index contributed by atoms with van der Waals surface area (Å²) in [6, 6.07) is 11.1. The van der Waals surface area contributed by atoms with Gasteiger partial charge in [-0.25, -0.2) is 0 Å². The molecule has 1 aromatic heterocycles. The van der Waals surface area contributed by atoms with Crippen molar-refractivity contribution in [2.24, 2.45) is 0 Å². The normalized spacial score (nSPS) is 15.4. The molecule has 0 spiro atoms. The van der Waals surface area contributed by atoms with Crippen LogP contribution in [0.3, 0.4) is 0 Å². The standard InChI is InChI=1S/C17H22N2O/c1-12-4-7-17(20-12)13(2)18-11-14-5-6-16-15(10-14)8-9-19(16)3/h4-7,10,13,18H,8-9,11H2,1-3H3. The number of anilines is 1. The molecule has 3 nitrogen and oxygen atoms in total. The molecule has 1 aliphatic rings. The van der Waals surface area contributed by atoms with Gasteiger partial charge in [-0.3, -0.25) is 0 Å². The van der Waals surface area contributed by atoms with Crippen LogP contribution in [0, 0.1) is 6.92 Å². The number of aryl methyl sites for hydroxylation is 1. The molecule has 1 aromatic carbocycles. The highest BCUT2D eigenvalue weighted by molar-refractivity contribution is 5.58. The highest BCUT2D eigenvalue weighted by Gasteiger charge is 2.16. The Kier molecular flexibility index (Phi) is 3.53. The van der Waals surface area contributed by atoms with E-state index in [1.807, 2.05) is 19.1 Å². The maximum Gasteiger partial charge on any atom is 0.120 e. The fourth-order valence-corrected chi connectivity index (χ4v) is 2.79. The number of fused-ring (bicyclic) bond motifs is 1. The van der Waals surface area contributed by atoms with Gasteiger partial charge >= 0.3 is 0 Å². The minimum absolute atomic E-state index is 0.236. The summed E-state index contributed by atoms with van der Waals surface area (Å²) in [5.74, 6) is 1.97. The van der Waals surface area contributed by atoms with E-state index in [2.05, 4.69) is 42.4 Å². The summed E-state index contributed by atoms with van der Waals surface area (Å²) in [5.41, 5.74) is 4.19. The van der Waals surface area contributed by atoms with Crippen LogP contribution in [0.5, 0.6) is 0 Å². The summed E-state index contributed by atoms with van der Waals surface area (Å²) >= 11 is 0. The number of furan rings is 1. The fraction of sp³-hybridized carbons (Fsp3) is 0.412. The highest BCUT2D eigenvalue weighted by Crippen LogP contribution is 2.27. The van der Waals surface area contributed by atoms with E-state index in [-0.39, 0.29) is 6.04 Å². The Morgan fingerprint density at radius 3 is 2.90 bits per heavy atom. The van der Waals surface area contributed by atoms with Crippen molar-refractivity contribution in [3.05, 3.63) is 53.0 Å². The van der Waals surface area contributed by atoms with Crippen molar-refractivity contribution < 1.29 is 4.42 Å². The molecule has 106 valence electrons. The van der Waals surface area contributed by atoms with Gasteiger partial charge in [0.1, 0.15) is 11.5 Å². The van der Waals surface area contributed by atoms with E-state index in [0.717, 1.165) is 31.0 Å². The van der Waals surface area contributed by atoms with E-state index in [4.69, 9.17) is 4.42 Å². The maximum absolute atomic E-state index is 5.65. The Morgan fingerprint density at radius 2 is 2.15 bits per heavy atom. The average molecular weight is 270 g/mol. The van der Waals surface area contributed by atoms with Gasteiger partial charge in [-0.15, -0.1) is 0 Å². The first-order valence-electron chi connectivity index (χ1n) is 7.26. The first-order chi connectivity index (χ1) is 9.63. The summed E-state index contributed by atoms with van der Waals surface area (Å²) < 4.78 is 5.65. The zero-order valence-corrected chi connectivity index (χ0v) is 12.4. The van der Waals surface area contributed by atoms with Crippen LogP contribution < -0.4 is 10.2 Å². The minimum Gasteiger partial charge on any atom is -0.465 e. The smallest absolute Gasteiger partial charge is 0.120 e. The second kappa shape index (κ2) is 5.33. The number of rotatable bonds is 4. The van der Waals surface area contributed by atoms with E-state index >= 15 is 0 Å². The predicted molar refractivity (Wildman–Crippen MR) is 82.1 cm³/mol. The molecule has 2 heterocycles.